The molecular formula is C13H24N4O. The molecular weight excluding hydrogens is 228 g/mol. The predicted octanol–water partition coefficient (Wildman–Crippen LogP) is 1.31. The van der Waals surface area contributed by atoms with E-state index in [4.69, 9.17) is 4.42 Å². The monoisotopic (exact) mass is 252 g/mol. The minimum absolute atomic E-state index is 0.639. The number of likely N-dealkylation sites (N-methyl/N-ethyl adjacent to an activating group) is 1. The molecule has 0 amide bonds. The summed E-state index contributed by atoms with van der Waals surface area (Å²) in [5.74, 6) is 0. The van der Waals surface area contributed by atoms with Gasteiger partial charge in [0.15, 0.2) is 0 Å². The van der Waals surface area contributed by atoms with Crippen LogP contribution in [0.1, 0.15) is 26.0 Å². The molecule has 0 spiro atoms. The van der Waals surface area contributed by atoms with Crippen molar-refractivity contribution < 1.29 is 4.42 Å². The van der Waals surface area contributed by atoms with Crippen molar-refractivity contribution in [3.8, 4) is 0 Å². The highest BCUT2D eigenvalue weighted by Gasteiger charge is 2.28. The fraction of sp³-hybridized carbons (Fsp3) is 0.769. The van der Waals surface area contributed by atoms with Crippen molar-refractivity contribution in [1.29, 1.82) is 0 Å². The maximum absolute atomic E-state index is 5.55. The fourth-order valence-electron chi connectivity index (χ4n) is 2.66. The fourth-order valence-corrected chi connectivity index (χ4v) is 2.66. The van der Waals surface area contributed by atoms with Gasteiger partial charge >= 0.3 is 0 Å². The standard InChI is InChI=1S/C13H24N4O/c1-4-16(5-2)12-6-7-17(9-12)13-15-11(8-14-3)10-18-13/h10,12,14H,4-9H2,1-3H3. The molecule has 1 aliphatic heterocycles. The van der Waals surface area contributed by atoms with Crippen LogP contribution in [0.2, 0.25) is 0 Å². The van der Waals surface area contributed by atoms with Crippen molar-refractivity contribution in [3.05, 3.63) is 12.0 Å². The van der Waals surface area contributed by atoms with Gasteiger partial charge in [-0.1, -0.05) is 13.8 Å². The summed E-state index contributed by atoms with van der Waals surface area (Å²) in [6.07, 6.45) is 2.95. The van der Waals surface area contributed by atoms with Gasteiger partial charge in [0.25, 0.3) is 6.01 Å². The molecule has 1 saturated heterocycles. The number of hydrogen-bond acceptors (Lipinski definition) is 5. The van der Waals surface area contributed by atoms with Crippen LogP contribution in [0.15, 0.2) is 10.7 Å². The quantitative estimate of drug-likeness (QED) is 0.827. The minimum Gasteiger partial charge on any atom is -0.432 e. The van der Waals surface area contributed by atoms with Crippen LogP contribution in [0.3, 0.4) is 0 Å². The van der Waals surface area contributed by atoms with E-state index in [2.05, 4.69) is 33.9 Å². The normalized spacial score (nSPS) is 20.0. The second-order valence-corrected chi connectivity index (χ2v) is 4.76. The van der Waals surface area contributed by atoms with Crippen LogP contribution in [0, 0.1) is 0 Å². The third kappa shape index (κ3) is 2.84. The molecule has 5 heteroatoms. The van der Waals surface area contributed by atoms with Crippen LogP contribution in [0.5, 0.6) is 0 Å². The topological polar surface area (TPSA) is 44.5 Å². The molecule has 0 saturated carbocycles. The number of nitrogens with one attached hydrogen (secondary N) is 1. The zero-order valence-electron chi connectivity index (χ0n) is 11.6. The number of oxazole rings is 1. The number of rotatable bonds is 6. The molecule has 2 heterocycles. The van der Waals surface area contributed by atoms with Gasteiger partial charge in [-0.15, -0.1) is 0 Å². The Morgan fingerprint density at radius 3 is 2.94 bits per heavy atom. The Kier molecular flexibility index (Phi) is 4.60. The summed E-state index contributed by atoms with van der Waals surface area (Å²) in [6.45, 7) is 9.51. The molecule has 0 radical (unpaired) electrons. The van der Waals surface area contributed by atoms with E-state index in [9.17, 15) is 0 Å². The summed E-state index contributed by atoms with van der Waals surface area (Å²) in [6, 6.07) is 1.41. The van der Waals surface area contributed by atoms with Crippen molar-refractivity contribution >= 4 is 6.01 Å². The lowest BCUT2D eigenvalue weighted by Crippen LogP contribution is -2.37. The molecule has 0 aliphatic carbocycles. The second-order valence-electron chi connectivity index (χ2n) is 4.76. The zero-order valence-corrected chi connectivity index (χ0v) is 11.6. The third-order valence-electron chi connectivity index (χ3n) is 3.66. The highest BCUT2D eigenvalue weighted by Crippen LogP contribution is 2.22. The number of nitrogens with zero attached hydrogens (tertiary/aromatic N) is 3. The molecule has 1 N–H and O–H groups in total. The van der Waals surface area contributed by atoms with Gasteiger partial charge < -0.3 is 14.6 Å². The van der Waals surface area contributed by atoms with Gasteiger partial charge in [-0.05, 0) is 26.6 Å². The lowest BCUT2D eigenvalue weighted by molar-refractivity contribution is 0.232. The summed E-state index contributed by atoms with van der Waals surface area (Å²) in [7, 11) is 1.92. The first-order valence-electron chi connectivity index (χ1n) is 6.86. The van der Waals surface area contributed by atoms with Gasteiger partial charge in [-0.25, -0.2) is 0 Å². The molecule has 0 bridgehead atoms. The van der Waals surface area contributed by atoms with Gasteiger partial charge in [0.2, 0.25) is 0 Å². The van der Waals surface area contributed by atoms with E-state index in [0.717, 1.165) is 44.4 Å². The average molecular weight is 252 g/mol. The maximum atomic E-state index is 5.55. The van der Waals surface area contributed by atoms with E-state index in [1.807, 2.05) is 7.05 Å². The predicted molar refractivity (Wildman–Crippen MR) is 72.8 cm³/mol. The zero-order chi connectivity index (χ0) is 13.0. The smallest absolute Gasteiger partial charge is 0.297 e. The van der Waals surface area contributed by atoms with E-state index in [0.29, 0.717) is 6.04 Å². The van der Waals surface area contributed by atoms with Gasteiger partial charge in [0.1, 0.15) is 6.26 Å². The summed E-state index contributed by atoms with van der Waals surface area (Å²) in [5.41, 5.74) is 0.971. The van der Waals surface area contributed by atoms with E-state index in [-0.39, 0.29) is 0 Å². The summed E-state index contributed by atoms with van der Waals surface area (Å²) < 4.78 is 5.55. The largest absolute Gasteiger partial charge is 0.432 e. The van der Waals surface area contributed by atoms with Crippen molar-refractivity contribution in [3.63, 3.8) is 0 Å². The molecule has 1 unspecified atom stereocenters. The van der Waals surface area contributed by atoms with Crippen molar-refractivity contribution in [2.24, 2.45) is 0 Å². The lowest BCUT2D eigenvalue weighted by atomic mass is 10.2. The maximum Gasteiger partial charge on any atom is 0.297 e. The van der Waals surface area contributed by atoms with Crippen LogP contribution in [0.25, 0.3) is 0 Å². The first kappa shape index (κ1) is 13.4. The molecule has 0 aromatic carbocycles. The van der Waals surface area contributed by atoms with Crippen molar-refractivity contribution in [2.75, 3.05) is 38.1 Å². The molecule has 1 fully saturated rings. The van der Waals surface area contributed by atoms with Gasteiger partial charge in [-0.2, -0.15) is 4.98 Å². The Labute approximate surface area is 109 Å². The molecule has 1 atom stereocenters. The van der Waals surface area contributed by atoms with Crippen LogP contribution in [-0.4, -0.2) is 49.2 Å². The Morgan fingerprint density at radius 1 is 1.50 bits per heavy atom. The molecule has 1 aliphatic rings. The van der Waals surface area contributed by atoms with E-state index in [1.165, 1.54) is 6.42 Å². The molecule has 1 aromatic heterocycles. The van der Waals surface area contributed by atoms with Crippen molar-refractivity contribution in [1.82, 2.24) is 15.2 Å². The lowest BCUT2D eigenvalue weighted by Gasteiger charge is -2.25. The SMILES string of the molecule is CCN(CC)C1CCN(c2nc(CNC)co2)C1. The number of aromatic nitrogens is 1. The summed E-state index contributed by atoms with van der Waals surface area (Å²) in [4.78, 5) is 9.27. The highest BCUT2D eigenvalue weighted by atomic mass is 16.4. The summed E-state index contributed by atoms with van der Waals surface area (Å²) >= 11 is 0. The first-order chi connectivity index (χ1) is 8.78. The van der Waals surface area contributed by atoms with E-state index >= 15 is 0 Å². The van der Waals surface area contributed by atoms with Crippen LogP contribution >= 0.6 is 0 Å². The molecule has 5 nitrogen and oxygen atoms in total. The average Bonchev–Trinajstić information content (AvgIpc) is 3.00. The Bertz CT molecular complexity index is 362. The van der Waals surface area contributed by atoms with Gasteiger partial charge in [0, 0.05) is 25.7 Å². The second kappa shape index (κ2) is 6.20. The third-order valence-corrected chi connectivity index (χ3v) is 3.66. The molecule has 102 valence electrons. The molecule has 1 aromatic rings. The van der Waals surface area contributed by atoms with Gasteiger partial charge in [0.05, 0.1) is 5.69 Å². The molecule has 2 rings (SSSR count). The molecule has 18 heavy (non-hydrogen) atoms. The van der Waals surface area contributed by atoms with E-state index in [1.54, 1.807) is 6.26 Å². The van der Waals surface area contributed by atoms with Crippen LogP contribution in [0.4, 0.5) is 6.01 Å². The highest BCUT2D eigenvalue weighted by molar-refractivity contribution is 5.29. The van der Waals surface area contributed by atoms with E-state index < -0.39 is 0 Å². The number of anilines is 1. The van der Waals surface area contributed by atoms with Crippen LogP contribution in [-0.2, 0) is 6.54 Å². The first-order valence-corrected chi connectivity index (χ1v) is 6.86. The minimum atomic E-state index is 0.639. The Morgan fingerprint density at radius 2 is 2.28 bits per heavy atom. The Hall–Kier alpha value is -1.07. The Balaban J connectivity index is 1.95. The number of hydrogen-bond donors (Lipinski definition) is 1. The van der Waals surface area contributed by atoms with Gasteiger partial charge in [-0.3, -0.25) is 4.90 Å². The van der Waals surface area contributed by atoms with Crippen LogP contribution < -0.4 is 10.2 Å². The summed E-state index contributed by atoms with van der Waals surface area (Å²) in [5, 5.41) is 3.08. The van der Waals surface area contributed by atoms with Crippen molar-refractivity contribution in [2.45, 2.75) is 32.9 Å².